The van der Waals surface area contributed by atoms with Crippen molar-refractivity contribution in [2.24, 2.45) is 0 Å². The summed E-state index contributed by atoms with van der Waals surface area (Å²) in [6.45, 7) is 4.56. The van der Waals surface area contributed by atoms with Gasteiger partial charge in [-0.15, -0.1) is 0 Å². The van der Waals surface area contributed by atoms with Crippen LogP contribution in [0.4, 0.5) is 0 Å². The molecule has 3 rings (SSSR count). The van der Waals surface area contributed by atoms with Gasteiger partial charge in [0.2, 0.25) is 5.91 Å². The molecule has 4 nitrogen and oxygen atoms in total. The summed E-state index contributed by atoms with van der Waals surface area (Å²) in [4.78, 5) is 16.6. The molecular formula is C17H21N3OS. The Kier molecular flexibility index (Phi) is 4.52. The van der Waals surface area contributed by atoms with Crippen LogP contribution in [0.15, 0.2) is 41.8 Å². The summed E-state index contributed by atoms with van der Waals surface area (Å²) in [6, 6.07) is 8.81. The normalized spacial score (nSPS) is 15.5. The Bertz CT molecular complexity index is 646. The predicted molar refractivity (Wildman–Crippen MR) is 88.8 cm³/mol. The monoisotopic (exact) mass is 315 g/mol. The van der Waals surface area contributed by atoms with Gasteiger partial charge in [-0.05, 0) is 32.3 Å². The number of amides is 1. The minimum atomic E-state index is -0.148. The maximum absolute atomic E-state index is 12.2. The van der Waals surface area contributed by atoms with Gasteiger partial charge in [-0.25, -0.2) is 4.98 Å². The van der Waals surface area contributed by atoms with Crippen molar-refractivity contribution in [3.8, 4) is 0 Å². The molecule has 1 amide bonds. The van der Waals surface area contributed by atoms with E-state index in [2.05, 4.69) is 33.9 Å². The molecule has 0 unspecified atom stereocenters. The van der Waals surface area contributed by atoms with Crippen molar-refractivity contribution in [1.29, 1.82) is 0 Å². The molecule has 1 aliphatic carbocycles. The van der Waals surface area contributed by atoms with Crippen molar-refractivity contribution in [3.05, 3.63) is 47.8 Å². The molecule has 1 aromatic heterocycles. The van der Waals surface area contributed by atoms with Gasteiger partial charge in [-0.3, -0.25) is 4.79 Å². The van der Waals surface area contributed by atoms with Crippen LogP contribution in [0.2, 0.25) is 0 Å². The molecule has 116 valence electrons. The Morgan fingerprint density at radius 3 is 2.82 bits per heavy atom. The number of nitrogens with one attached hydrogen (secondary N) is 1. The first-order valence-corrected chi connectivity index (χ1v) is 8.54. The minimum Gasteiger partial charge on any atom is -0.351 e. The summed E-state index contributed by atoms with van der Waals surface area (Å²) < 4.78 is 2.19. The lowest BCUT2D eigenvalue weighted by atomic mass is 10.1. The Morgan fingerprint density at radius 1 is 1.41 bits per heavy atom. The molecule has 1 aromatic carbocycles. The molecule has 0 spiro atoms. The Morgan fingerprint density at radius 2 is 2.14 bits per heavy atom. The second kappa shape index (κ2) is 6.57. The highest BCUT2D eigenvalue weighted by Gasteiger charge is 2.27. The number of thioether (sulfide) groups is 1. The largest absolute Gasteiger partial charge is 0.351 e. The standard InChI is InChI=1S/C17H21N3OS/c1-12-3-5-14(6-4-12)11-19-16(21)13(2)22-17-18-9-10-20(17)15-7-8-15/h3-6,9-10,13,15H,7-8,11H2,1-2H3,(H,19,21)/t13-/m0/s1. The van der Waals surface area contributed by atoms with Gasteiger partial charge in [0.1, 0.15) is 0 Å². The molecule has 1 fully saturated rings. The Balaban J connectivity index is 1.53. The summed E-state index contributed by atoms with van der Waals surface area (Å²) in [5, 5.41) is 3.80. The molecule has 0 radical (unpaired) electrons. The van der Waals surface area contributed by atoms with Crippen LogP contribution >= 0.6 is 11.8 Å². The van der Waals surface area contributed by atoms with E-state index in [-0.39, 0.29) is 11.2 Å². The number of imidazole rings is 1. The molecule has 1 aliphatic rings. The molecule has 1 heterocycles. The molecule has 1 atom stereocenters. The number of aryl methyl sites for hydroxylation is 1. The number of nitrogens with zero attached hydrogens (tertiary/aromatic N) is 2. The average molecular weight is 315 g/mol. The van der Waals surface area contributed by atoms with E-state index in [0.29, 0.717) is 12.6 Å². The van der Waals surface area contributed by atoms with Gasteiger partial charge in [0, 0.05) is 25.0 Å². The van der Waals surface area contributed by atoms with Crippen molar-refractivity contribution >= 4 is 17.7 Å². The fourth-order valence-electron chi connectivity index (χ4n) is 2.27. The average Bonchev–Trinajstić information content (AvgIpc) is 3.26. The molecule has 0 saturated heterocycles. The number of aromatic nitrogens is 2. The number of benzene rings is 1. The summed E-state index contributed by atoms with van der Waals surface area (Å²) in [5.74, 6) is 0.0518. The van der Waals surface area contributed by atoms with E-state index in [0.717, 1.165) is 10.7 Å². The second-order valence-corrected chi connectivity index (χ2v) is 7.12. The van der Waals surface area contributed by atoms with Crippen molar-refractivity contribution in [1.82, 2.24) is 14.9 Å². The van der Waals surface area contributed by atoms with E-state index in [1.54, 1.807) is 0 Å². The van der Waals surface area contributed by atoms with Gasteiger partial charge in [0.15, 0.2) is 5.16 Å². The van der Waals surface area contributed by atoms with Crippen molar-refractivity contribution in [2.45, 2.75) is 49.7 Å². The van der Waals surface area contributed by atoms with Crippen LogP contribution in [0.1, 0.15) is 36.9 Å². The van der Waals surface area contributed by atoms with E-state index in [1.807, 2.05) is 31.5 Å². The maximum atomic E-state index is 12.2. The van der Waals surface area contributed by atoms with E-state index >= 15 is 0 Å². The molecule has 1 saturated carbocycles. The molecule has 2 aromatic rings. The third-order valence-corrected chi connectivity index (χ3v) is 4.91. The fraction of sp³-hybridized carbons (Fsp3) is 0.412. The van der Waals surface area contributed by atoms with Crippen LogP contribution in [0.3, 0.4) is 0 Å². The van der Waals surface area contributed by atoms with Crippen molar-refractivity contribution in [2.75, 3.05) is 0 Å². The Hall–Kier alpha value is -1.75. The molecule has 0 bridgehead atoms. The lowest BCUT2D eigenvalue weighted by Crippen LogP contribution is -2.30. The van der Waals surface area contributed by atoms with Crippen LogP contribution in [-0.2, 0) is 11.3 Å². The topological polar surface area (TPSA) is 46.9 Å². The molecular weight excluding hydrogens is 294 g/mol. The first-order chi connectivity index (χ1) is 10.6. The first kappa shape index (κ1) is 15.2. The van der Waals surface area contributed by atoms with E-state index in [9.17, 15) is 4.79 Å². The van der Waals surface area contributed by atoms with Crippen LogP contribution in [0, 0.1) is 6.92 Å². The van der Waals surface area contributed by atoms with Gasteiger partial charge >= 0.3 is 0 Å². The van der Waals surface area contributed by atoms with E-state index in [4.69, 9.17) is 0 Å². The highest BCUT2D eigenvalue weighted by atomic mass is 32.2. The molecule has 5 heteroatoms. The zero-order chi connectivity index (χ0) is 15.5. The van der Waals surface area contributed by atoms with Gasteiger partial charge < -0.3 is 9.88 Å². The third kappa shape index (κ3) is 3.71. The number of hydrogen-bond donors (Lipinski definition) is 1. The second-order valence-electron chi connectivity index (χ2n) is 5.81. The highest BCUT2D eigenvalue weighted by molar-refractivity contribution is 8.00. The SMILES string of the molecule is Cc1ccc(CNC(=O)[C@H](C)Sc2nccn2C2CC2)cc1. The molecule has 0 aliphatic heterocycles. The number of hydrogen-bond acceptors (Lipinski definition) is 3. The smallest absolute Gasteiger partial charge is 0.233 e. The van der Waals surface area contributed by atoms with Gasteiger partial charge in [-0.2, -0.15) is 0 Å². The first-order valence-electron chi connectivity index (χ1n) is 7.66. The fourth-order valence-corrected chi connectivity index (χ4v) is 3.23. The molecule has 22 heavy (non-hydrogen) atoms. The lowest BCUT2D eigenvalue weighted by Gasteiger charge is -2.13. The van der Waals surface area contributed by atoms with Crippen molar-refractivity contribution < 1.29 is 4.79 Å². The van der Waals surface area contributed by atoms with Gasteiger partial charge in [-0.1, -0.05) is 41.6 Å². The predicted octanol–water partition coefficient (Wildman–Crippen LogP) is 3.32. The van der Waals surface area contributed by atoms with Crippen molar-refractivity contribution in [3.63, 3.8) is 0 Å². The van der Waals surface area contributed by atoms with Crippen LogP contribution < -0.4 is 5.32 Å². The zero-order valence-corrected chi connectivity index (χ0v) is 13.8. The highest BCUT2D eigenvalue weighted by Crippen LogP contribution is 2.38. The van der Waals surface area contributed by atoms with E-state index < -0.39 is 0 Å². The van der Waals surface area contributed by atoms with Gasteiger partial charge in [0.25, 0.3) is 0 Å². The number of carbonyl (C=O) groups excluding carboxylic acids is 1. The Labute approximate surface area is 135 Å². The lowest BCUT2D eigenvalue weighted by molar-refractivity contribution is -0.120. The summed E-state index contributed by atoms with van der Waals surface area (Å²) in [7, 11) is 0. The van der Waals surface area contributed by atoms with Gasteiger partial charge in [0.05, 0.1) is 5.25 Å². The van der Waals surface area contributed by atoms with Crippen LogP contribution in [0.25, 0.3) is 0 Å². The van der Waals surface area contributed by atoms with Crippen LogP contribution in [-0.4, -0.2) is 20.7 Å². The summed E-state index contributed by atoms with van der Waals surface area (Å²) >= 11 is 1.53. The summed E-state index contributed by atoms with van der Waals surface area (Å²) in [5.41, 5.74) is 2.35. The molecule has 1 N–H and O–H groups in total. The number of rotatable bonds is 6. The summed E-state index contributed by atoms with van der Waals surface area (Å²) in [6.07, 6.45) is 6.27. The maximum Gasteiger partial charge on any atom is 0.233 e. The van der Waals surface area contributed by atoms with E-state index in [1.165, 1.54) is 30.2 Å². The quantitative estimate of drug-likeness (QED) is 0.832. The third-order valence-electron chi connectivity index (χ3n) is 3.81. The van der Waals surface area contributed by atoms with Crippen LogP contribution in [0.5, 0.6) is 0 Å². The zero-order valence-electron chi connectivity index (χ0n) is 13.0. The number of carbonyl (C=O) groups is 1. The minimum absolute atomic E-state index is 0.0518.